The van der Waals surface area contributed by atoms with Crippen molar-refractivity contribution in [3.63, 3.8) is 0 Å². The van der Waals surface area contributed by atoms with Gasteiger partial charge in [0.15, 0.2) is 0 Å². The molecule has 0 radical (unpaired) electrons. The molecule has 0 aromatic carbocycles. The Balaban J connectivity index is 1.94. The maximum atomic E-state index is 12.1. The molecule has 4 heteroatoms. The molecule has 15 heavy (non-hydrogen) atoms. The number of rotatable bonds is 1. The fourth-order valence-electron chi connectivity index (χ4n) is 2.32. The highest BCUT2D eigenvalue weighted by Crippen LogP contribution is 2.22. The van der Waals surface area contributed by atoms with Crippen molar-refractivity contribution in [3.05, 3.63) is 0 Å². The molecule has 2 saturated heterocycles. The number of carbonyl (C=O) groups excluding carboxylic acids is 1. The van der Waals surface area contributed by atoms with Crippen LogP contribution in [0.1, 0.15) is 20.3 Å². The average molecular weight is 212 g/mol. The second-order valence-electron chi connectivity index (χ2n) is 4.70. The lowest BCUT2D eigenvalue weighted by Gasteiger charge is -2.34. The summed E-state index contributed by atoms with van der Waals surface area (Å²) >= 11 is 0. The van der Waals surface area contributed by atoms with Gasteiger partial charge in [-0.25, -0.2) is 0 Å². The first-order valence-electron chi connectivity index (χ1n) is 5.82. The molecule has 2 fully saturated rings. The van der Waals surface area contributed by atoms with E-state index in [0.717, 1.165) is 32.7 Å². The van der Waals surface area contributed by atoms with Crippen LogP contribution in [0.15, 0.2) is 0 Å². The number of hydrogen-bond acceptors (Lipinski definition) is 3. The summed E-state index contributed by atoms with van der Waals surface area (Å²) < 4.78 is 5.50. The Hall–Kier alpha value is -0.610. The fraction of sp³-hybridized carbons (Fsp3) is 0.909. The highest BCUT2D eigenvalue weighted by molar-refractivity contribution is 5.81. The van der Waals surface area contributed by atoms with E-state index in [0.29, 0.717) is 12.0 Å². The molecule has 0 spiro atoms. The second-order valence-corrected chi connectivity index (χ2v) is 4.70. The van der Waals surface area contributed by atoms with Gasteiger partial charge in [0.25, 0.3) is 5.91 Å². The van der Waals surface area contributed by atoms with Crippen LogP contribution in [0.3, 0.4) is 0 Å². The molecule has 2 unspecified atom stereocenters. The molecule has 0 aliphatic carbocycles. The third kappa shape index (κ3) is 2.32. The molecule has 2 rings (SSSR count). The lowest BCUT2D eigenvalue weighted by Crippen LogP contribution is -2.54. The molecule has 0 aromatic rings. The maximum absolute atomic E-state index is 12.1. The Kier molecular flexibility index (Phi) is 3.26. The molecular weight excluding hydrogens is 192 g/mol. The number of carbonyl (C=O) groups is 1. The van der Waals surface area contributed by atoms with Crippen molar-refractivity contribution < 1.29 is 9.53 Å². The van der Waals surface area contributed by atoms with Crippen molar-refractivity contribution in [3.8, 4) is 0 Å². The van der Waals surface area contributed by atoms with Crippen molar-refractivity contribution in [2.75, 3.05) is 26.2 Å². The smallest absolute Gasteiger partial charge is 0.252 e. The minimum absolute atomic E-state index is 0.185. The standard InChI is InChI=1S/C11H20N2O2/c1-8-3-6-15-10(8)11(14)13-5-4-12-9(2)7-13/h8-10,12H,3-7H2,1-2H3/t8?,9-,10?/m0/s1. The van der Waals surface area contributed by atoms with E-state index in [-0.39, 0.29) is 12.0 Å². The molecule has 4 nitrogen and oxygen atoms in total. The summed E-state index contributed by atoms with van der Waals surface area (Å²) in [4.78, 5) is 14.1. The first kappa shape index (κ1) is 10.9. The highest BCUT2D eigenvalue weighted by Gasteiger charge is 2.35. The van der Waals surface area contributed by atoms with Crippen molar-refractivity contribution in [2.24, 2.45) is 5.92 Å². The van der Waals surface area contributed by atoms with Crippen LogP contribution >= 0.6 is 0 Å². The molecular formula is C11H20N2O2. The van der Waals surface area contributed by atoms with Crippen molar-refractivity contribution in [1.29, 1.82) is 0 Å². The number of amides is 1. The van der Waals surface area contributed by atoms with Gasteiger partial charge in [-0.1, -0.05) is 6.92 Å². The van der Waals surface area contributed by atoms with E-state index in [1.807, 2.05) is 4.90 Å². The van der Waals surface area contributed by atoms with E-state index in [9.17, 15) is 4.79 Å². The third-order valence-electron chi connectivity index (χ3n) is 3.31. The van der Waals surface area contributed by atoms with Crippen LogP contribution in [0.5, 0.6) is 0 Å². The molecule has 2 heterocycles. The Morgan fingerprint density at radius 3 is 2.87 bits per heavy atom. The molecule has 1 amide bonds. The predicted octanol–water partition coefficient (Wildman–Crippen LogP) is 0.232. The molecule has 2 aliphatic heterocycles. The molecule has 0 saturated carbocycles. The zero-order valence-electron chi connectivity index (χ0n) is 9.53. The first-order valence-corrected chi connectivity index (χ1v) is 5.82. The van der Waals surface area contributed by atoms with Crippen molar-refractivity contribution in [1.82, 2.24) is 10.2 Å². The monoisotopic (exact) mass is 212 g/mol. The van der Waals surface area contributed by atoms with Gasteiger partial charge in [0.1, 0.15) is 6.10 Å². The van der Waals surface area contributed by atoms with Crippen LogP contribution in [-0.4, -0.2) is 49.2 Å². The van der Waals surface area contributed by atoms with Gasteiger partial charge in [-0.05, 0) is 19.3 Å². The van der Waals surface area contributed by atoms with Gasteiger partial charge in [-0.3, -0.25) is 4.79 Å². The van der Waals surface area contributed by atoms with Gasteiger partial charge in [-0.15, -0.1) is 0 Å². The van der Waals surface area contributed by atoms with Gasteiger partial charge in [0, 0.05) is 32.3 Å². The number of nitrogens with zero attached hydrogens (tertiary/aromatic N) is 1. The molecule has 86 valence electrons. The quantitative estimate of drug-likeness (QED) is 0.676. The second kappa shape index (κ2) is 4.49. The van der Waals surface area contributed by atoms with E-state index in [2.05, 4.69) is 19.2 Å². The van der Waals surface area contributed by atoms with E-state index in [1.54, 1.807) is 0 Å². The van der Waals surface area contributed by atoms with Crippen LogP contribution < -0.4 is 5.32 Å². The Morgan fingerprint density at radius 1 is 1.47 bits per heavy atom. The minimum Gasteiger partial charge on any atom is -0.368 e. The first-order chi connectivity index (χ1) is 7.18. The fourth-order valence-corrected chi connectivity index (χ4v) is 2.32. The number of hydrogen-bond donors (Lipinski definition) is 1. The minimum atomic E-state index is -0.185. The van der Waals surface area contributed by atoms with Crippen LogP contribution in [0.2, 0.25) is 0 Å². The van der Waals surface area contributed by atoms with E-state index < -0.39 is 0 Å². The Labute approximate surface area is 91.0 Å². The molecule has 0 bridgehead atoms. The molecule has 2 aliphatic rings. The van der Waals surface area contributed by atoms with Gasteiger partial charge < -0.3 is 15.0 Å². The zero-order chi connectivity index (χ0) is 10.8. The van der Waals surface area contributed by atoms with Gasteiger partial charge in [0.05, 0.1) is 0 Å². The summed E-state index contributed by atoms with van der Waals surface area (Å²) in [6.45, 7) is 7.47. The lowest BCUT2D eigenvalue weighted by atomic mass is 10.0. The van der Waals surface area contributed by atoms with Crippen molar-refractivity contribution >= 4 is 5.91 Å². The average Bonchev–Trinajstić information content (AvgIpc) is 2.63. The Morgan fingerprint density at radius 2 is 2.27 bits per heavy atom. The number of nitrogens with one attached hydrogen (secondary N) is 1. The normalized spacial score (nSPS) is 36.9. The summed E-state index contributed by atoms with van der Waals surface area (Å²) in [5.74, 6) is 0.566. The van der Waals surface area contributed by atoms with E-state index in [4.69, 9.17) is 4.74 Å². The highest BCUT2D eigenvalue weighted by atomic mass is 16.5. The predicted molar refractivity (Wildman–Crippen MR) is 57.6 cm³/mol. The van der Waals surface area contributed by atoms with E-state index >= 15 is 0 Å². The summed E-state index contributed by atoms with van der Waals surface area (Å²) in [5, 5.41) is 3.33. The SMILES string of the molecule is CC1CCOC1C(=O)N1CCN[C@@H](C)C1. The van der Waals surface area contributed by atoms with Gasteiger partial charge in [0.2, 0.25) is 0 Å². The van der Waals surface area contributed by atoms with Crippen LogP contribution in [0, 0.1) is 5.92 Å². The lowest BCUT2D eigenvalue weighted by molar-refractivity contribution is -0.143. The largest absolute Gasteiger partial charge is 0.368 e. The van der Waals surface area contributed by atoms with Gasteiger partial charge in [-0.2, -0.15) is 0 Å². The van der Waals surface area contributed by atoms with E-state index in [1.165, 1.54) is 0 Å². The van der Waals surface area contributed by atoms with Crippen molar-refractivity contribution in [2.45, 2.75) is 32.4 Å². The summed E-state index contributed by atoms with van der Waals surface area (Å²) in [6.07, 6.45) is 0.827. The molecule has 1 N–H and O–H groups in total. The van der Waals surface area contributed by atoms with Crippen LogP contribution in [0.4, 0.5) is 0 Å². The van der Waals surface area contributed by atoms with Crippen LogP contribution in [0.25, 0.3) is 0 Å². The zero-order valence-corrected chi connectivity index (χ0v) is 9.53. The topological polar surface area (TPSA) is 41.6 Å². The third-order valence-corrected chi connectivity index (χ3v) is 3.31. The number of piperazine rings is 1. The summed E-state index contributed by atoms with van der Waals surface area (Å²) in [5.41, 5.74) is 0. The van der Waals surface area contributed by atoms with Gasteiger partial charge >= 0.3 is 0 Å². The maximum Gasteiger partial charge on any atom is 0.252 e. The summed E-state index contributed by atoms with van der Waals surface area (Å²) in [7, 11) is 0. The van der Waals surface area contributed by atoms with Crippen LogP contribution in [-0.2, 0) is 9.53 Å². The summed E-state index contributed by atoms with van der Waals surface area (Å²) in [6, 6.07) is 0.402. The molecule has 0 aromatic heterocycles. The number of ether oxygens (including phenoxy) is 1. The molecule has 3 atom stereocenters. The Bertz CT molecular complexity index is 245.